The minimum absolute atomic E-state index is 0.00862. The van der Waals surface area contributed by atoms with E-state index in [0.717, 1.165) is 0 Å². The molecule has 0 aromatic carbocycles. The molecule has 0 atom stereocenters. The Balaban J connectivity index is 1.99. The first-order chi connectivity index (χ1) is 34.6. The van der Waals surface area contributed by atoms with E-state index in [1.807, 2.05) is 0 Å². The van der Waals surface area contributed by atoms with Crippen molar-refractivity contribution in [1.29, 1.82) is 0 Å². The molecule has 0 N–H and O–H groups in total. The highest BCUT2D eigenvalue weighted by molar-refractivity contribution is 5.85. The van der Waals surface area contributed by atoms with Crippen LogP contribution in [0, 0.1) is 17.8 Å². The molecule has 0 radical (unpaired) electrons. The van der Waals surface area contributed by atoms with Crippen LogP contribution in [0.25, 0.3) is 0 Å². The summed E-state index contributed by atoms with van der Waals surface area (Å²) in [6, 6.07) is 0. The molecule has 0 unspecified atom stereocenters. The highest BCUT2D eigenvalue weighted by Gasteiger charge is 2.40. The Morgan fingerprint density at radius 3 is 0.697 bits per heavy atom. The average Bonchev–Trinajstić information content (AvgIpc) is 3.71. The van der Waals surface area contributed by atoms with Crippen LogP contribution in [0.1, 0.15) is 150 Å². The number of ether oxygens (including phenoxy) is 6. The number of carbonyl (C=O) groups excluding carboxylic acids is 9. The molecule has 0 spiro atoms. The van der Waals surface area contributed by atoms with Gasteiger partial charge in [-0.3, -0.25) is 14.4 Å². The molecule has 3 heterocycles. The molecule has 0 aromatic rings. The first-order valence-corrected chi connectivity index (χ1v) is 26.8. The predicted octanol–water partition coefficient (Wildman–Crippen LogP) is 7.83. The van der Waals surface area contributed by atoms with Gasteiger partial charge in [0.1, 0.15) is 45.2 Å². The van der Waals surface area contributed by atoms with E-state index in [1.165, 1.54) is 34.3 Å². The Hall–Kier alpha value is -5.57. The highest BCUT2D eigenvalue weighted by Crippen LogP contribution is 2.25. The fraction of sp³-hybridized carbons (Fsp3) is 0.833. The fourth-order valence-corrected chi connectivity index (χ4v) is 8.45. The molecule has 3 rings (SSSR count). The lowest BCUT2D eigenvalue weighted by molar-refractivity contribution is -0.137. The van der Waals surface area contributed by atoms with Crippen LogP contribution in [0.5, 0.6) is 0 Å². The van der Waals surface area contributed by atoms with Crippen molar-refractivity contribution in [1.82, 2.24) is 34.3 Å². The quantitative estimate of drug-likeness (QED) is 0.180. The van der Waals surface area contributed by atoms with Gasteiger partial charge in [0.25, 0.3) is 0 Å². The molecule has 22 nitrogen and oxygen atoms in total. The monoisotopic (exact) mass is 1080 g/mol. The Kier molecular flexibility index (Phi) is 22.3. The normalized spacial score (nSPS) is 17.4. The Morgan fingerprint density at radius 1 is 0.329 bits per heavy atom. The third-order valence-corrected chi connectivity index (χ3v) is 11.7. The van der Waals surface area contributed by atoms with E-state index >= 15 is 4.79 Å². The smallest absolute Gasteiger partial charge is 0.410 e. The number of Topliss-reactive ketones (excluding diaryl/α,β-unsaturated/α-hetero) is 2. The lowest BCUT2D eigenvalue weighted by Crippen LogP contribution is -2.47. The molecule has 76 heavy (non-hydrogen) atoms. The number of carbonyl (C=O) groups is 9. The van der Waals surface area contributed by atoms with E-state index in [9.17, 15) is 38.4 Å². The topological polar surface area (TPSA) is 232 Å². The largest absolute Gasteiger partial charge is 0.444 e. The van der Waals surface area contributed by atoms with Gasteiger partial charge in [-0.05, 0) is 137 Å². The van der Waals surface area contributed by atoms with Gasteiger partial charge in [-0.15, -0.1) is 0 Å². The minimum atomic E-state index is -0.993. The summed E-state index contributed by atoms with van der Waals surface area (Å²) in [4.78, 5) is 135. The Morgan fingerprint density at radius 2 is 0.513 bits per heavy atom. The van der Waals surface area contributed by atoms with Crippen molar-refractivity contribution in [2.24, 2.45) is 17.8 Å². The minimum Gasteiger partial charge on any atom is -0.444 e. The molecular weight excluding hydrogens is 987 g/mol. The van der Waals surface area contributed by atoms with Gasteiger partial charge in [0.15, 0.2) is 0 Å². The van der Waals surface area contributed by atoms with E-state index in [-0.39, 0.29) is 129 Å². The predicted molar refractivity (Wildman–Crippen MR) is 282 cm³/mol. The second-order valence-electron chi connectivity index (χ2n) is 26.1. The average molecular weight is 1080 g/mol. The van der Waals surface area contributed by atoms with E-state index in [1.54, 1.807) is 125 Å². The summed E-state index contributed by atoms with van der Waals surface area (Å²) in [5.74, 6) is -3.66. The molecular formula is C54H93N7O15. The Bertz CT molecular complexity index is 1850. The summed E-state index contributed by atoms with van der Waals surface area (Å²) in [6.07, 6.45) is -3.76. The van der Waals surface area contributed by atoms with E-state index < -0.39 is 93.8 Å². The van der Waals surface area contributed by atoms with Crippen molar-refractivity contribution in [2.45, 2.75) is 184 Å². The van der Waals surface area contributed by atoms with Gasteiger partial charge in [0.2, 0.25) is 5.91 Å². The summed E-state index contributed by atoms with van der Waals surface area (Å²) in [5, 5.41) is 0. The summed E-state index contributed by atoms with van der Waals surface area (Å²) in [6.45, 7) is 31.3. The number of hydrogen-bond acceptors (Lipinski definition) is 15. The zero-order valence-corrected chi connectivity index (χ0v) is 49.2. The van der Waals surface area contributed by atoms with Crippen molar-refractivity contribution in [2.75, 3.05) is 91.6 Å². The number of amides is 7. The number of rotatable bonds is 11. The third-order valence-electron chi connectivity index (χ3n) is 11.7. The maximum atomic E-state index is 15.1. The van der Waals surface area contributed by atoms with Crippen molar-refractivity contribution in [3.05, 3.63) is 0 Å². The van der Waals surface area contributed by atoms with E-state index in [0.29, 0.717) is 0 Å². The van der Waals surface area contributed by atoms with Gasteiger partial charge in [0.05, 0.1) is 17.8 Å². The molecule has 7 amide bonds. The molecule has 22 heteroatoms. The van der Waals surface area contributed by atoms with Crippen LogP contribution in [0.4, 0.5) is 28.8 Å². The lowest BCUT2D eigenvalue weighted by atomic mass is 9.98. The maximum Gasteiger partial charge on any atom is 0.410 e. The van der Waals surface area contributed by atoms with Crippen molar-refractivity contribution in [3.8, 4) is 0 Å². The maximum absolute atomic E-state index is 15.1. The van der Waals surface area contributed by atoms with E-state index in [4.69, 9.17) is 28.4 Å². The number of hydrogen-bond donors (Lipinski definition) is 0. The summed E-state index contributed by atoms with van der Waals surface area (Å²) in [5.41, 5.74) is -5.02. The molecule has 3 aliphatic heterocycles. The van der Waals surface area contributed by atoms with Crippen LogP contribution in [0.15, 0.2) is 0 Å². The van der Waals surface area contributed by atoms with Crippen LogP contribution in [0.3, 0.4) is 0 Å². The van der Waals surface area contributed by atoms with Gasteiger partial charge in [-0.1, -0.05) is 0 Å². The van der Waals surface area contributed by atoms with Gasteiger partial charge >= 0.3 is 36.6 Å². The molecule has 0 saturated carbocycles. The summed E-state index contributed by atoms with van der Waals surface area (Å²) < 4.78 is 34.1. The second-order valence-corrected chi connectivity index (χ2v) is 26.1. The van der Waals surface area contributed by atoms with Crippen molar-refractivity contribution >= 4 is 54.0 Å². The lowest BCUT2D eigenvalue weighted by Gasteiger charge is -2.32. The van der Waals surface area contributed by atoms with Gasteiger partial charge in [-0.25, -0.2) is 28.8 Å². The fourth-order valence-electron chi connectivity index (χ4n) is 8.45. The molecule has 3 aliphatic rings. The first-order valence-electron chi connectivity index (χ1n) is 26.8. The van der Waals surface area contributed by atoms with Crippen LogP contribution in [-0.2, 0) is 42.8 Å². The van der Waals surface area contributed by atoms with Gasteiger partial charge in [0, 0.05) is 104 Å². The molecule has 3 saturated heterocycles. The Labute approximate surface area is 452 Å². The van der Waals surface area contributed by atoms with Crippen LogP contribution in [0.2, 0.25) is 0 Å². The third kappa shape index (κ3) is 23.4. The van der Waals surface area contributed by atoms with Crippen LogP contribution in [-0.4, -0.2) is 214 Å². The molecule has 434 valence electrons. The summed E-state index contributed by atoms with van der Waals surface area (Å²) in [7, 11) is 0. The summed E-state index contributed by atoms with van der Waals surface area (Å²) >= 11 is 0. The number of ketones is 2. The van der Waals surface area contributed by atoms with Crippen molar-refractivity contribution < 1.29 is 71.6 Å². The molecule has 3 fully saturated rings. The molecule has 0 aromatic heterocycles. The first kappa shape index (κ1) is 64.7. The van der Waals surface area contributed by atoms with Crippen LogP contribution >= 0.6 is 0 Å². The SMILES string of the molecule is CC(C)(C)OC(=O)N1CCN(C(=O)OC(C)(C)C)CC(C(=O)CCCN(CCCC(=O)C2CN(C(=O)OC(C)(C)C)CCN(C(=O)OC(C)(C)C)C2)C(=O)C2CN(C(=O)OC(C)(C)C)CCN(C(=O)OC(C)(C)C)C2)C1. The molecule has 0 aliphatic carbocycles. The van der Waals surface area contributed by atoms with Crippen molar-refractivity contribution in [3.63, 3.8) is 0 Å². The van der Waals surface area contributed by atoms with E-state index in [2.05, 4.69) is 0 Å². The van der Waals surface area contributed by atoms with Gasteiger partial charge < -0.3 is 62.7 Å². The molecule has 0 bridgehead atoms. The van der Waals surface area contributed by atoms with Gasteiger partial charge in [-0.2, -0.15) is 0 Å². The second kappa shape index (κ2) is 26.2. The standard InChI is InChI=1S/C54H93N7O15/c1-49(2,3)71-43(65)56-25-26-57(44(66)72-50(4,5)6)32-37(31-56)40(62)21-19-23-55(42(64)39-35-60(47(69)75-53(13,14)15)29-30-61(36-39)48(70)76-54(16,17)18)24-20-22-41(63)38-33-58(45(67)73-51(7,8)9)27-28-59(34-38)46(68)74-52(10,11)12/h37-39H,19-36H2,1-18H3. The highest BCUT2D eigenvalue weighted by atomic mass is 16.6. The number of nitrogens with zero attached hydrogens (tertiary/aromatic N) is 7. The van der Waals surface area contributed by atoms with Crippen LogP contribution < -0.4 is 0 Å². The zero-order chi connectivity index (χ0) is 57.9. The zero-order valence-electron chi connectivity index (χ0n) is 49.2.